The van der Waals surface area contributed by atoms with Gasteiger partial charge in [0.2, 0.25) is 5.91 Å². The number of benzene rings is 2. The number of nitrogens with one attached hydrogen (secondary N) is 1. The molecule has 6 rings (SSSR count). The molecular formula is C29H29ClN6O4. The van der Waals surface area contributed by atoms with Crippen LogP contribution in [-0.2, 0) is 32.7 Å². The number of hydrogen-bond acceptors (Lipinski definition) is 7. The quantitative estimate of drug-likeness (QED) is 0.298. The van der Waals surface area contributed by atoms with Crippen molar-refractivity contribution in [1.82, 2.24) is 19.7 Å². The van der Waals surface area contributed by atoms with Gasteiger partial charge in [-0.25, -0.2) is 9.97 Å². The fourth-order valence-corrected chi connectivity index (χ4v) is 5.81. The summed E-state index contributed by atoms with van der Waals surface area (Å²) in [5, 5.41) is 18.1. The zero-order valence-corrected chi connectivity index (χ0v) is 22.7. The van der Waals surface area contributed by atoms with E-state index in [2.05, 4.69) is 10.3 Å². The van der Waals surface area contributed by atoms with E-state index in [9.17, 15) is 9.59 Å². The van der Waals surface area contributed by atoms with Crippen molar-refractivity contribution in [1.29, 1.82) is 0 Å². The zero-order valence-electron chi connectivity index (χ0n) is 22.0. The Kier molecular flexibility index (Phi) is 6.67. The van der Waals surface area contributed by atoms with Crippen molar-refractivity contribution in [3.05, 3.63) is 64.2 Å². The number of anilines is 2. The summed E-state index contributed by atoms with van der Waals surface area (Å²) in [7, 11) is 0. The van der Waals surface area contributed by atoms with Crippen LogP contribution in [0.5, 0.6) is 0 Å². The largest absolute Gasteiger partial charge is 0.481 e. The minimum Gasteiger partial charge on any atom is -0.481 e. The van der Waals surface area contributed by atoms with Crippen LogP contribution in [0, 0.1) is 0 Å². The summed E-state index contributed by atoms with van der Waals surface area (Å²) in [6.45, 7) is 3.11. The second-order valence-corrected chi connectivity index (χ2v) is 10.9. The van der Waals surface area contributed by atoms with Crippen molar-refractivity contribution in [2.45, 2.75) is 57.1 Å². The zero-order chi connectivity index (χ0) is 28.0. The molecule has 1 saturated heterocycles. The predicted octanol–water partition coefficient (Wildman–Crippen LogP) is 4.57. The maximum absolute atomic E-state index is 13.4. The number of carboxylic acid groups (broad SMARTS) is 1. The van der Waals surface area contributed by atoms with Gasteiger partial charge in [-0.1, -0.05) is 35.9 Å². The molecule has 2 aliphatic rings. The Hall–Kier alpha value is -4.02. The Morgan fingerprint density at radius 2 is 2.02 bits per heavy atom. The molecule has 0 radical (unpaired) electrons. The molecule has 11 heteroatoms. The van der Waals surface area contributed by atoms with Gasteiger partial charge in [-0.15, -0.1) is 0 Å². The number of nitrogens with two attached hydrogens (primary N) is 1. The lowest BCUT2D eigenvalue weighted by atomic mass is 9.77. The van der Waals surface area contributed by atoms with Gasteiger partial charge in [-0.05, 0) is 61.9 Å². The van der Waals surface area contributed by atoms with Gasteiger partial charge in [0.05, 0.1) is 23.7 Å². The molecule has 0 aliphatic carbocycles. The van der Waals surface area contributed by atoms with Crippen LogP contribution in [0.4, 0.5) is 11.6 Å². The van der Waals surface area contributed by atoms with Gasteiger partial charge in [-0.2, -0.15) is 5.10 Å². The highest BCUT2D eigenvalue weighted by Crippen LogP contribution is 2.45. The molecular weight excluding hydrogens is 532 g/mol. The predicted molar refractivity (Wildman–Crippen MR) is 151 cm³/mol. The van der Waals surface area contributed by atoms with E-state index in [0.29, 0.717) is 46.5 Å². The molecule has 10 nitrogen and oxygen atoms in total. The second-order valence-electron chi connectivity index (χ2n) is 10.5. The maximum Gasteiger partial charge on any atom is 0.303 e. The average molecular weight is 561 g/mol. The number of nitrogens with zero attached hydrogens (tertiary/aromatic N) is 4. The third kappa shape index (κ3) is 4.56. The van der Waals surface area contributed by atoms with Gasteiger partial charge in [-0.3, -0.25) is 14.3 Å². The third-order valence-electron chi connectivity index (χ3n) is 7.86. The average Bonchev–Trinajstić information content (AvgIpc) is 3.42. The number of fused-ring (bicyclic) bond motifs is 2. The number of halogens is 1. The molecule has 2 aliphatic heterocycles. The number of ether oxygens (including phenoxy) is 1. The van der Waals surface area contributed by atoms with Crippen molar-refractivity contribution in [3.8, 4) is 11.5 Å². The smallest absolute Gasteiger partial charge is 0.303 e. The van der Waals surface area contributed by atoms with Crippen LogP contribution in [-0.4, -0.2) is 49.4 Å². The number of rotatable bonds is 7. The monoisotopic (exact) mass is 560 g/mol. The molecule has 0 bridgehead atoms. The number of aryl methyl sites for hydroxylation is 1. The van der Waals surface area contributed by atoms with E-state index < -0.39 is 11.4 Å². The SMILES string of the molecule is CC1(c2ccc(CCC(=O)O)cc2)C(=O)Nc2nc(-c3nn(C[C@@H]4CCCCO4)c4cc(Cl)ccc34)nc(N)c21. The van der Waals surface area contributed by atoms with Crippen molar-refractivity contribution in [2.24, 2.45) is 0 Å². The summed E-state index contributed by atoms with van der Waals surface area (Å²) in [5.41, 5.74) is 8.89. The molecule has 0 saturated carbocycles. The lowest BCUT2D eigenvalue weighted by Gasteiger charge is -2.23. The highest BCUT2D eigenvalue weighted by atomic mass is 35.5. The number of hydrogen-bond donors (Lipinski definition) is 3. The number of carboxylic acids is 1. The topological polar surface area (TPSA) is 145 Å². The number of nitrogen functional groups attached to an aromatic ring is 1. The molecule has 0 spiro atoms. The van der Waals surface area contributed by atoms with E-state index in [4.69, 9.17) is 37.3 Å². The van der Waals surface area contributed by atoms with E-state index in [1.54, 1.807) is 13.0 Å². The molecule has 4 aromatic rings. The molecule has 40 heavy (non-hydrogen) atoms. The molecule has 2 aromatic carbocycles. The van der Waals surface area contributed by atoms with E-state index in [0.717, 1.165) is 42.3 Å². The van der Waals surface area contributed by atoms with Gasteiger partial charge < -0.3 is 20.9 Å². The Morgan fingerprint density at radius 3 is 2.75 bits per heavy atom. The first kappa shape index (κ1) is 26.2. The molecule has 1 fully saturated rings. The number of carbonyl (C=O) groups is 2. The normalized spacial score (nSPS) is 20.4. The van der Waals surface area contributed by atoms with Crippen LogP contribution in [0.2, 0.25) is 5.02 Å². The molecule has 1 unspecified atom stereocenters. The van der Waals surface area contributed by atoms with E-state index in [1.165, 1.54) is 0 Å². The van der Waals surface area contributed by atoms with Gasteiger partial charge in [0, 0.05) is 23.4 Å². The van der Waals surface area contributed by atoms with Crippen LogP contribution >= 0.6 is 11.6 Å². The Balaban J connectivity index is 1.38. The summed E-state index contributed by atoms with van der Waals surface area (Å²) in [6, 6.07) is 12.9. The lowest BCUT2D eigenvalue weighted by molar-refractivity contribution is -0.137. The Labute approximate surface area is 235 Å². The summed E-state index contributed by atoms with van der Waals surface area (Å²) >= 11 is 6.34. The van der Waals surface area contributed by atoms with E-state index in [-0.39, 0.29) is 24.2 Å². The first-order valence-corrected chi connectivity index (χ1v) is 13.7. The van der Waals surface area contributed by atoms with Gasteiger partial charge >= 0.3 is 5.97 Å². The van der Waals surface area contributed by atoms with Gasteiger partial charge in [0.25, 0.3) is 0 Å². The first-order chi connectivity index (χ1) is 19.2. The van der Waals surface area contributed by atoms with Crippen molar-refractivity contribution >= 4 is 46.0 Å². The number of carbonyl (C=O) groups excluding carboxylic acids is 1. The molecule has 1 amide bonds. The van der Waals surface area contributed by atoms with E-state index in [1.807, 2.05) is 41.1 Å². The van der Waals surface area contributed by atoms with E-state index >= 15 is 0 Å². The number of amides is 1. The fraction of sp³-hybridized carbons (Fsp3) is 0.345. The molecule has 4 heterocycles. The van der Waals surface area contributed by atoms with Crippen molar-refractivity contribution in [2.75, 3.05) is 17.7 Å². The van der Waals surface area contributed by atoms with Crippen LogP contribution < -0.4 is 11.1 Å². The Bertz CT molecular complexity index is 1630. The molecule has 2 atom stereocenters. The summed E-state index contributed by atoms with van der Waals surface area (Å²) in [5.74, 6) is -0.291. The maximum atomic E-state index is 13.4. The fourth-order valence-electron chi connectivity index (χ4n) is 5.64. The number of aromatic nitrogens is 4. The highest BCUT2D eigenvalue weighted by Gasteiger charge is 2.47. The number of aliphatic carboxylic acids is 1. The van der Waals surface area contributed by atoms with Crippen molar-refractivity contribution in [3.63, 3.8) is 0 Å². The van der Waals surface area contributed by atoms with Crippen molar-refractivity contribution < 1.29 is 19.4 Å². The lowest BCUT2D eigenvalue weighted by Crippen LogP contribution is -2.33. The summed E-state index contributed by atoms with van der Waals surface area (Å²) in [6.07, 6.45) is 3.65. The molecule has 2 aromatic heterocycles. The highest BCUT2D eigenvalue weighted by molar-refractivity contribution is 6.31. The van der Waals surface area contributed by atoms with Gasteiger partial charge in [0.15, 0.2) is 5.82 Å². The minimum atomic E-state index is -1.11. The summed E-state index contributed by atoms with van der Waals surface area (Å²) < 4.78 is 7.83. The van der Waals surface area contributed by atoms with Crippen LogP contribution in [0.1, 0.15) is 49.3 Å². The third-order valence-corrected chi connectivity index (χ3v) is 8.09. The minimum absolute atomic E-state index is 0.0355. The van der Waals surface area contributed by atoms with Gasteiger partial charge in [0.1, 0.15) is 22.7 Å². The summed E-state index contributed by atoms with van der Waals surface area (Å²) in [4.78, 5) is 33.7. The second kappa shape index (κ2) is 10.2. The van der Waals surface area contributed by atoms with Crippen LogP contribution in [0.15, 0.2) is 42.5 Å². The standard InChI is InChI=1S/C29H29ClN6O4/c1-29(17-8-5-16(6-9-17)7-12-22(37)38)23-25(31)32-27(33-26(23)34-28(29)39)24-20-11-10-18(30)14-21(20)36(35-24)15-19-4-2-3-13-40-19/h5-6,8-11,14,19H,2-4,7,12-13,15H2,1H3,(H,37,38)(H3,31,32,33,34,39)/t19-,29?/m0/s1. The van der Waals surface area contributed by atoms with Crippen LogP contribution in [0.3, 0.4) is 0 Å². The molecule has 4 N–H and O–H groups in total. The van der Waals surface area contributed by atoms with Crippen LogP contribution in [0.25, 0.3) is 22.4 Å². The Morgan fingerprint density at radius 1 is 1.23 bits per heavy atom. The molecule has 206 valence electrons. The first-order valence-electron chi connectivity index (χ1n) is 13.3.